The Balaban J connectivity index is 2.35. The van der Waals surface area contributed by atoms with Crippen LogP contribution in [0.15, 0.2) is 10.5 Å². The number of halogens is 2. The summed E-state index contributed by atoms with van der Waals surface area (Å²) < 4.78 is 1.58. The first-order valence-electron chi connectivity index (χ1n) is 5.04. The topological polar surface area (TPSA) is 46.3 Å². The molecule has 0 saturated carbocycles. The molecule has 0 radical (unpaired) electrons. The van der Waals surface area contributed by atoms with Gasteiger partial charge in [-0.3, -0.25) is 4.79 Å². The molecule has 2 N–H and O–H groups in total. The number of likely N-dealkylation sites (N-methyl/N-ethyl adjacent to an activating group) is 1. The molecule has 1 aliphatic rings. The van der Waals surface area contributed by atoms with Gasteiger partial charge in [-0.05, 0) is 28.9 Å². The maximum absolute atomic E-state index is 11.7. The molecule has 1 amide bonds. The van der Waals surface area contributed by atoms with E-state index in [9.17, 15) is 4.79 Å². The van der Waals surface area contributed by atoms with E-state index in [1.165, 1.54) is 11.3 Å². The summed E-state index contributed by atoms with van der Waals surface area (Å²) in [7, 11) is 0. The van der Waals surface area contributed by atoms with Crippen molar-refractivity contribution in [3.05, 3.63) is 19.8 Å². The van der Waals surface area contributed by atoms with E-state index in [2.05, 4.69) is 15.9 Å². The van der Waals surface area contributed by atoms with Crippen LogP contribution >= 0.6 is 38.9 Å². The second kappa shape index (κ2) is 4.64. The third-order valence-electron chi connectivity index (χ3n) is 2.77. The van der Waals surface area contributed by atoms with Gasteiger partial charge >= 0.3 is 0 Å². The molecule has 6 heteroatoms. The Morgan fingerprint density at radius 2 is 2.44 bits per heavy atom. The van der Waals surface area contributed by atoms with Crippen LogP contribution < -0.4 is 5.73 Å². The molecular weight excluding hydrogens is 312 g/mol. The predicted octanol–water partition coefficient (Wildman–Crippen LogP) is 2.78. The SMILES string of the molecule is CCN1C(=O)CC(N)C1c1cc(Br)c(Cl)s1. The lowest BCUT2D eigenvalue weighted by Crippen LogP contribution is -2.32. The first-order chi connectivity index (χ1) is 7.54. The maximum Gasteiger partial charge on any atom is 0.224 e. The van der Waals surface area contributed by atoms with Gasteiger partial charge in [0.2, 0.25) is 5.91 Å². The highest BCUT2D eigenvalue weighted by molar-refractivity contribution is 9.10. The number of nitrogens with two attached hydrogens (primary N) is 1. The van der Waals surface area contributed by atoms with Crippen LogP contribution in [0.5, 0.6) is 0 Å². The van der Waals surface area contributed by atoms with Gasteiger partial charge < -0.3 is 10.6 Å². The highest BCUT2D eigenvalue weighted by Gasteiger charge is 2.38. The molecule has 1 aliphatic heterocycles. The van der Waals surface area contributed by atoms with E-state index in [0.717, 1.165) is 9.35 Å². The summed E-state index contributed by atoms with van der Waals surface area (Å²) in [6.07, 6.45) is 0.422. The van der Waals surface area contributed by atoms with Crippen molar-refractivity contribution < 1.29 is 4.79 Å². The van der Waals surface area contributed by atoms with Gasteiger partial charge in [-0.1, -0.05) is 11.6 Å². The third kappa shape index (κ3) is 2.01. The molecule has 0 spiro atoms. The molecule has 1 aromatic rings. The van der Waals surface area contributed by atoms with Crippen molar-refractivity contribution in [3.63, 3.8) is 0 Å². The number of amides is 1. The van der Waals surface area contributed by atoms with Gasteiger partial charge in [0.05, 0.1) is 6.04 Å². The zero-order chi connectivity index (χ0) is 11.9. The van der Waals surface area contributed by atoms with Gasteiger partial charge in [-0.25, -0.2) is 0 Å². The molecule has 0 aromatic carbocycles. The monoisotopic (exact) mass is 322 g/mol. The average molecular weight is 324 g/mol. The van der Waals surface area contributed by atoms with Gasteiger partial charge in [0.1, 0.15) is 4.34 Å². The lowest BCUT2D eigenvalue weighted by Gasteiger charge is -2.24. The zero-order valence-corrected chi connectivity index (χ0v) is 11.9. The quantitative estimate of drug-likeness (QED) is 0.909. The minimum absolute atomic E-state index is 0.0219. The Morgan fingerprint density at radius 3 is 2.94 bits per heavy atom. The second-order valence-electron chi connectivity index (χ2n) is 3.76. The molecule has 0 bridgehead atoms. The zero-order valence-electron chi connectivity index (χ0n) is 8.74. The number of hydrogen-bond acceptors (Lipinski definition) is 3. The highest BCUT2D eigenvalue weighted by atomic mass is 79.9. The van der Waals surface area contributed by atoms with Crippen molar-refractivity contribution in [1.29, 1.82) is 0 Å². The number of nitrogens with zero attached hydrogens (tertiary/aromatic N) is 1. The van der Waals surface area contributed by atoms with Gasteiger partial charge in [0, 0.05) is 28.4 Å². The van der Waals surface area contributed by atoms with Crippen LogP contribution in [0, 0.1) is 0 Å². The normalized spacial score (nSPS) is 25.5. The summed E-state index contributed by atoms with van der Waals surface area (Å²) in [6.45, 7) is 2.65. The predicted molar refractivity (Wildman–Crippen MR) is 69.7 cm³/mol. The molecule has 1 aromatic heterocycles. The molecule has 2 rings (SSSR count). The molecule has 2 atom stereocenters. The minimum atomic E-state index is -0.130. The van der Waals surface area contributed by atoms with Crippen LogP contribution in [0.25, 0.3) is 0 Å². The Labute approximate surface area is 112 Å². The molecule has 0 aliphatic carbocycles. The van der Waals surface area contributed by atoms with Crippen LogP contribution in [0.2, 0.25) is 4.34 Å². The van der Waals surface area contributed by atoms with Gasteiger partial charge in [0.25, 0.3) is 0 Å². The van der Waals surface area contributed by atoms with Crippen molar-refractivity contribution in [3.8, 4) is 0 Å². The number of carbonyl (C=O) groups excluding carboxylic acids is 1. The van der Waals surface area contributed by atoms with Crippen molar-refractivity contribution in [2.45, 2.75) is 25.4 Å². The number of carbonyl (C=O) groups is 1. The van der Waals surface area contributed by atoms with Crippen LogP contribution in [0.3, 0.4) is 0 Å². The van der Waals surface area contributed by atoms with Crippen LogP contribution in [0.1, 0.15) is 24.3 Å². The van der Waals surface area contributed by atoms with Crippen LogP contribution in [0.4, 0.5) is 0 Å². The molecule has 88 valence electrons. The summed E-state index contributed by atoms with van der Waals surface area (Å²) in [6, 6.07) is 1.80. The van der Waals surface area contributed by atoms with E-state index in [4.69, 9.17) is 17.3 Å². The highest BCUT2D eigenvalue weighted by Crippen LogP contribution is 2.41. The molecule has 16 heavy (non-hydrogen) atoms. The fraction of sp³-hybridized carbons (Fsp3) is 0.500. The molecule has 2 unspecified atom stereocenters. The fourth-order valence-electron chi connectivity index (χ4n) is 2.06. The Kier molecular flexibility index (Phi) is 3.59. The van der Waals surface area contributed by atoms with E-state index >= 15 is 0 Å². The summed E-state index contributed by atoms with van der Waals surface area (Å²) >= 11 is 10.9. The van der Waals surface area contributed by atoms with E-state index in [0.29, 0.717) is 17.3 Å². The molecule has 3 nitrogen and oxygen atoms in total. The molecule has 1 saturated heterocycles. The smallest absolute Gasteiger partial charge is 0.224 e. The van der Waals surface area contributed by atoms with E-state index in [-0.39, 0.29) is 18.0 Å². The number of rotatable bonds is 2. The van der Waals surface area contributed by atoms with Crippen molar-refractivity contribution >= 4 is 44.8 Å². The number of likely N-dealkylation sites (tertiary alicyclic amines) is 1. The summed E-state index contributed by atoms with van der Waals surface area (Å²) in [5, 5.41) is 0. The van der Waals surface area contributed by atoms with Crippen molar-refractivity contribution in [2.24, 2.45) is 5.73 Å². The van der Waals surface area contributed by atoms with E-state index in [1.807, 2.05) is 17.9 Å². The average Bonchev–Trinajstić information content (AvgIpc) is 2.67. The number of hydrogen-bond donors (Lipinski definition) is 1. The van der Waals surface area contributed by atoms with Crippen molar-refractivity contribution in [2.75, 3.05) is 6.54 Å². The molecule has 2 heterocycles. The van der Waals surface area contributed by atoms with Gasteiger partial charge in [-0.2, -0.15) is 0 Å². The lowest BCUT2D eigenvalue weighted by atomic mass is 10.1. The van der Waals surface area contributed by atoms with Crippen LogP contribution in [-0.2, 0) is 4.79 Å². The summed E-state index contributed by atoms with van der Waals surface area (Å²) in [5.41, 5.74) is 6.01. The largest absolute Gasteiger partial charge is 0.333 e. The van der Waals surface area contributed by atoms with Gasteiger partial charge in [-0.15, -0.1) is 11.3 Å². The maximum atomic E-state index is 11.7. The minimum Gasteiger partial charge on any atom is -0.333 e. The lowest BCUT2D eigenvalue weighted by molar-refractivity contribution is -0.128. The third-order valence-corrected chi connectivity index (χ3v) is 5.31. The van der Waals surface area contributed by atoms with Crippen LogP contribution in [-0.4, -0.2) is 23.4 Å². The summed E-state index contributed by atoms with van der Waals surface area (Å²) in [4.78, 5) is 14.6. The van der Waals surface area contributed by atoms with Gasteiger partial charge in [0.15, 0.2) is 0 Å². The first kappa shape index (κ1) is 12.4. The van der Waals surface area contributed by atoms with E-state index < -0.39 is 0 Å². The fourth-order valence-corrected chi connectivity index (χ4v) is 3.99. The van der Waals surface area contributed by atoms with Crippen molar-refractivity contribution in [1.82, 2.24) is 4.90 Å². The second-order valence-corrected chi connectivity index (χ2v) is 6.30. The molecular formula is C10H12BrClN2OS. The molecule has 1 fully saturated rings. The first-order valence-corrected chi connectivity index (χ1v) is 7.03. The van der Waals surface area contributed by atoms with E-state index in [1.54, 1.807) is 0 Å². The Bertz CT molecular complexity index is 403. The number of thiophene rings is 1. The standard InChI is InChI=1S/C10H12BrClN2OS/c1-2-14-8(15)4-6(13)9(14)7-3-5(11)10(12)16-7/h3,6,9H,2,4,13H2,1H3. The summed E-state index contributed by atoms with van der Waals surface area (Å²) in [5.74, 6) is 0.126. The Morgan fingerprint density at radius 1 is 1.75 bits per heavy atom. The Hall–Kier alpha value is -0.100.